The van der Waals surface area contributed by atoms with E-state index in [0.29, 0.717) is 17.1 Å². The normalized spacial score (nSPS) is 11.6. The summed E-state index contributed by atoms with van der Waals surface area (Å²) in [5.74, 6) is 0.607. The Kier molecular flexibility index (Phi) is 4.61. The van der Waals surface area contributed by atoms with Crippen LogP contribution in [0, 0.1) is 5.82 Å². The standard InChI is InChI=1S/C10H14FNO2S2/c1-16(13,14)6-5-15-7-8-3-2-4-9(12)10(8)11/h2-4H,5-7,12H2,1H3. The lowest BCUT2D eigenvalue weighted by Crippen LogP contribution is -2.05. The van der Waals surface area contributed by atoms with Crippen LogP contribution in [0.25, 0.3) is 0 Å². The van der Waals surface area contributed by atoms with Gasteiger partial charge in [-0.05, 0) is 11.6 Å². The van der Waals surface area contributed by atoms with E-state index in [1.165, 1.54) is 24.1 Å². The molecule has 0 radical (unpaired) electrons. The zero-order chi connectivity index (χ0) is 12.2. The van der Waals surface area contributed by atoms with Gasteiger partial charge < -0.3 is 5.73 Å². The summed E-state index contributed by atoms with van der Waals surface area (Å²) >= 11 is 1.38. The lowest BCUT2D eigenvalue weighted by molar-refractivity contribution is 0.603. The Morgan fingerprint density at radius 3 is 2.75 bits per heavy atom. The third-order valence-corrected chi connectivity index (χ3v) is 4.18. The van der Waals surface area contributed by atoms with Gasteiger partial charge >= 0.3 is 0 Å². The number of benzene rings is 1. The lowest BCUT2D eigenvalue weighted by Gasteiger charge is -2.04. The summed E-state index contributed by atoms with van der Waals surface area (Å²) in [6, 6.07) is 4.84. The zero-order valence-corrected chi connectivity index (χ0v) is 10.6. The van der Waals surface area contributed by atoms with Gasteiger partial charge in [0.05, 0.1) is 11.4 Å². The number of rotatable bonds is 5. The molecule has 0 saturated carbocycles. The van der Waals surface area contributed by atoms with Gasteiger partial charge in [-0.1, -0.05) is 12.1 Å². The minimum atomic E-state index is -2.94. The molecule has 0 saturated heterocycles. The molecule has 0 aliphatic heterocycles. The summed E-state index contributed by atoms with van der Waals surface area (Å²) in [4.78, 5) is 0. The number of sulfone groups is 1. The molecule has 90 valence electrons. The smallest absolute Gasteiger partial charge is 0.150 e. The number of nitrogen functional groups attached to an aromatic ring is 1. The van der Waals surface area contributed by atoms with Crippen molar-refractivity contribution in [3.63, 3.8) is 0 Å². The Bertz CT molecular complexity index is 460. The van der Waals surface area contributed by atoms with Crippen LogP contribution in [0.3, 0.4) is 0 Å². The first kappa shape index (κ1) is 13.3. The monoisotopic (exact) mass is 263 g/mol. The van der Waals surface area contributed by atoms with Crippen molar-refractivity contribution in [1.82, 2.24) is 0 Å². The Labute approximate surface area is 99.1 Å². The molecule has 1 aromatic rings. The van der Waals surface area contributed by atoms with Gasteiger partial charge in [0.15, 0.2) is 0 Å². The van der Waals surface area contributed by atoms with E-state index in [2.05, 4.69) is 0 Å². The van der Waals surface area contributed by atoms with Crippen molar-refractivity contribution in [3.05, 3.63) is 29.6 Å². The molecule has 0 heterocycles. The molecular formula is C10H14FNO2S2. The third kappa shape index (κ3) is 4.40. The number of thioether (sulfide) groups is 1. The molecule has 1 rings (SSSR count). The van der Waals surface area contributed by atoms with Gasteiger partial charge in [0.2, 0.25) is 0 Å². The summed E-state index contributed by atoms with van der Waals surface area (Å²) < 4.78 is 35.1. The van der Waals surface area contributed by atoms with E-state index in [4.69, 9.17) is 5.73 Å². The molecule has 3 nitrogen and oxygen atoms in total. The first-order chi connectivity index (χ1) is 7.40. The fraction of sp³-hybridized carbons (Fsp3) is 0.400. The summed E-state index contributed by atoms with van der Waals surface area (Å²) in [6.07, 6.45) is 1.19. The molecule has 16 heavy (non-hydrogen) atoms. The third-order valence-electron chi connectivity index (χ3n) is 1.96. The maximum atomic E-state index is 13.4. The molecular weight excluding hydrogens is 249 g/mol. The van der Waals surface area contributed by atoms with Gasteiger partial charge in [-0.15, -0.1) is 0 Å². The van der Waals surface area contributed by atoms with Gasteiger partial charge in [-0.25, -0.2) is 12.8 Å². The van der Waals surface area contributed by atoms with Crippen LogP contribution in [-0.4, -0.2) is 26.2 Å². The van der Waals surface area contributed by atoms with Crippen LogP contribution in [0.15, 0.2) is 18.2 Å². The Morgan fingerprint density at radius 1 is 1.44 bits per heavy atom. The summed E-state index contributed by atoms with van der Waals surface area (Å²) in [5, 5.41) is 0. The number of halogens is 1. The van der Waals surface area contributed by atoms with Crippen molar-refractivity contribution in [3.8, 4) is 0 Å². The molecule has 0 fully saturated rings. The molecule has 6 heteroatoms. The number of nitrogens with two attached hydrogens (primary N) is 1. The van der Waals surface area contributed by atoms with E-state index in [-0.39, 0.29) is 11.4 Å². The highest BCUT2D eigenvalue weighted by molar-refractivity contribution is 7.99. The molecule has 1 aromatic carbocycles. The molecule has 0 aromatic heterocycles. The van der Waals surface area contributed by atoms with E-state index < -0.39 is 15.7 Å². The van der Waals surface area contributed by atoms with Gasteiger partial charge in [-0.3, -0.25) is 0 Å². The molecule has 0 spiro atoms. The minimum absolute atomic E-state index is 0.113. The van der Waals surface area contributed by atoms with E-state index in [9.17, 15) is 12.8 Å². The topological polar surface area (TPSA) is 60.2 Å². The van der Waals surface area contributed by atoms with Crippen molar-refractivity contribution in [2.24, 2.45) is 0 Å². The van der Waals surface area contributed by atoms with Gasteiger partial charge in [0.25, 0.3) is 0 Å². The molecule has 0 aliphatic rings. The average molecular weight is 263 g/mol. The quantitative estimate of drug-likeness (QED) is 0.648. The molecule has 0 unspecified atom stereocenters. The molecule has 0 atom stereocenters. The summed E-state index contributed by atoms with van der Waals surface area (Å²) in [6.45, 7) is 0. The highest BCUT2D eigenvalue weighted by atomic mass is 32.2. The van der Waals surface area contributed by atoms with E-state index in [1.54, 1.807) is 12.1 Å². The van der Waals surface area contributed by atoms with E-state index in [1.807, 2.05) is 0 Å². The van der Waals surface area contributed by atoms with Crippen LogP contribution in [0.1, 0.15) is 5.56 Å². The number of hydrogen-bond acceptors (Lipinski definition) is 4. The predicted octanol–water partition coefficient (Wildman–Crippen LogP) is 1.69. The number of hydrogen-bond donors (Lipinski definition) is 1. The van der Waals surface area contributed by atoms with Crippen molar-refractivity contribution < 1.29 is 12.8 Å². The second-order valence-corrected chi connectivity index (χ2v) is 6.87. The van der Waals surface area contributed by atoms with Crippen molar-refractivity contribution in [1.29, 1.82) is 0 Å². The van der Waals surface area contributed by atoms with Crippen LogP contribution < -0.4 is 5.73 Å². The minimum Gasteiger partial charge on any atom is -0.396 e. The Balaban J connectivity index is 2.47. The lowest BCUT2D eigenvalue weighted by atomic mass is 10.2. The van der Waals surface area contributed by atoms with Crippen LogP contribution >= 0.6 is 11.8 Å². The second-order valence-electron chi connectivity index (χ2n) is 3.50. The maximum absolute atomic E-state index is 13.4. The summed E-state index contributed by atoms with van der Waals surface area (Å²) in [7, 11) is -2.94. The summed E-state index contributed by atoms with van der Waals surface area (Å²) in [5.41, 5.74) is 6.05. The van der Waals surface area contributed by atoms with Crippen molar-refractivity contribution >= 4 is 27.3 Å². The first-order valence-electron chi connectivity index (χ1n) is 4.68. The first-order valence-corrected chi connectivity index (χ1v) is 7.90. The van der Waals surface area contributed by atoms with Crippen LogP contribution in [0.5, 0.6) is 0 Å². The van der Waals surface area contributed by atoms with E-state index in [0.717, 1.165) is 0 Å². The fourth-order valence-electron chi connectivity index (χ4n) is 1.10. The molecule has 0 amide bonds. The number of anilines is 1. The van der Waals surface area contributed by atoms with E-state index >= 15 is 0 Å². The fourth-order valence-corrected chi connectivity index (χ4v) is 3.37. The largest absolute Gasteiger partial charge is 0.396 e. The highest BCUT2D eigenvalue weighted by Gasteiger charge is 2.06. The molecule has 0 aliphatic carbocycles. The van der Waals surface area contributed by atoms with Crippen molar-refractivity contribution in [2.45, 2.75) is 5.75 Å². The second kappa shape index (κ2) is 5.54. The predicted molar refractivity (Wildman–Crippen MR) is 66.7 cm³/mol. The Morgan fingerprint density at radius 2 is 2.12 bits per heavy atom. The van der Waals surface area contributed by atoms with Crippen LogP contribution in [-0.2, 0) is 15.6 Å². The van der Waals surface area contributed by atoms with Gasteiger partial charge in [0.1, 0.15) is 15.7 Å². The zero-order valence-electron chi connectivity index (χ0n) is 8.94. The SMILES string of the molecule is CS(=O)(=O)CCSCc1cccc(N)c1F. The van der Waals surface area contributed by atoms with Crippen molar-refractivity contribution in [2.75, 3.05) is 23.5 Å². The average Bonchev–Trinajstić information content (AvgIpc) is 2.17. The van der Waals surface area contributed by atoms with Crippen LogP contribution in [0.4, 0.5) is 10.1 Å². The van der Waals surface area contributed by atoms with Crippen LogP contribution in [0.2, 0.25) is 0 Å². The molecule has 2 N–H and O–H groups in total. The Hall–Kier alpha value is -0.750. The van der Waals surface area contributed by atoms with Gasteiger partial charge in [0, 0.05) is 17.8 Å². The molecule has 0 bridgehead atoms. The maximum Gasteiger partial charge on any atom is 0.150 e. The van der Waals surface area contributed by atoms with Gasteiger partial charge in [-0.2, -0.15) is 11.8 Å². The highest BCUT2D eigenvalue weighted by Crippen LogP contribution is 2.19.